The van der Waals surface area contributed by atoms with Gasteiger partial charge in [-0.3, -0.25) is 5.41 Å². The van der Waals surface area contributed by atoms with Gasteiger partial charge >= 0.3 is 0 Å². The van der Waals surface area contributed by atoms with E-state index in [-0.39, 0.29) is 0 Å². The molecule has 3 heteroatoms. The van der Waals surface area contributed by atoms with Gasteiger partial charge < -0.3 is 10.6 Å². The van der Waals surface area contributed by atoms with Crippen molar-refractivity contribution in [3.05, 3.63) is 47.2 Å². The van der Waals surface area contributed by atoms with Gasteiger partial charge in [-0.15, -0.1) is 0 Å². The van der Waals surface area contributed by atoms with Crippen LogP contribution in [-0.4, -0.2) is 17.3 Å². The third kappa shape index (κ3) is 3.41. The van der Waals surface area contributed by atoms with E-state index in [1.807, 2.05) is 6.92 Å². The van der Waals surface area contributed by atoms with Crippen molar-refractivity contribution in [3.8, 4) is 0 Å². The number of hydrogen-bond acceptors (Lipinski definition) is 2. The first-order valence-electron chi connectivity index (χ1n) is 7.44. The van der Waals surface area contributed by atoms with E-state index in [1.165, 1.54) is 24.0 Å². The van der Waals surface area contributed by atoms with Gasteiger partial charge in [0.15, 0.2) is 0 Å². The molecule has 108 valence electrons. The number of nitrogens with one attached hydrogen (secondary N) is 1. The molecule has 1 aromatic carbocycles. The van der Waals surface area contributed by atoms with Crippen molar-refractivity contribution in [2.24, 2.45) is 5.73 Å². The highest BCUT2D eigenvalue weighted by atomic mass is 15.2. The highest BCUT2D eigenvalue weighted by Crippen LogP contribution is 2.32. The Hall–Kier alpha value is -1.77. The van der Waals surface area contributed by atoms with Crippen LogP contribution in [0.4, 0.5) is 0 Å². The summed E-state index contributed by atoms with van der Waals surface area (Å²) in [7, 11) is 0. The molecule has 3 N–H and O–H groups in total. The number of benzene rings is 1. The van der Waals surface area contributed by atoms with E-state index in [1.54, 1.807) is 6.08 Å². The Kier molecular flexibility index (Phi) is 4.83. The molecule has 1 aliphatic rings. The molecule has 20 heavy (non-hydrogen) atoms. The number of allylic oxidation sites excluding steroid dienone is 1. The lowest BCUT2D eigenvalue weighted by Crippen LogP contribution is -2.34. The van der Waals surface area contributed by atoms with Crippen LogP contribution in [0.5, 0.6) is 0 Å². The van der Waals surface area contributed by atoms with Crippen LogP contribution < -0.4 is 5.73 Å². The summed E-state index contributed by atoms with van der Waals surface area (Å²) < 4.78 is 0. The lowest BCUT2D eigenvalue weighted by atomic mass is 9.96. The number of likely N-dealkylation sites (tertiary alicyclic amines) is 1. The molecule has 1 atom stereocenters. The van der Waals surface area contributed by atoms with Crippen LogP contribution in [0.25, 0.3) is 0 Å². The molecule has 0 aromatic heterocycles. The molecule has 1 saturated heterocycles. The van der Waals surface area contributed by atoms with Gasteiger partial charge in [-0.1, -0.05) is 37.1 Å². The third-order valence-corrected chi connectivity index (χ3v) is 3.97. The minimum Gasteiger partial charge on any atom is -0.402 e. The Morgan fingerprint density at radius 2 is 2.05 bits per heavy atom. The van der Waals surface area contributed by atoms with E-state index in [0.717, 1.165) is 19.4 Å². The first-order valence-corrected chi connectivity index (χ1v) is 7.44. The zero-order valence-corrected chi connectivity index (χ0v) is 12.5. The Labute approximate surface area is 122 Å². The number of rotatable bonds is 2. The van der Waals surface area contributed by atoms with Gasteiger partial charge in [0.1, 0.15) is 5.84 Å². The SMILES string of the molecule is CC(N)=CC(=N)N1CCCCCC1c1ccccc1C. The maximum Gasteiger partial charge on any atom is 0.122 e. The number of amidine groups is 1. The Bertz CT molecular complexity index is 501. The topological polar surface area (TPSA) is 53.1 Å². The minimum atomic E-state index is 0.307. The van der Waals surface area contributed by atoms with Crippen LogP contribution in [-0.2, 0) is 0 Å². The van der Waals surface area contributed by atoms with Gasteiger partial charge in [0.25, 0.3) is 0 Å². The van der Waals surface area contributed by atoms with E-state index < -0.39 is 0 Å². The summed E-state index contributed by atoms with van der Waals surface area (Å²) in [5.41, 5.74) is 9.10. The molecule has 1 unspecified atom stereocenters. The number of nitrogens with two attached hydrogens (primary N) is 1. The van der Waals surface area contributed by atoms with Crippen LogP contribution >= 0.6 is 0 Å². The molecule has 1 aromatic rings. The standard InChI is InChI=1S/C17H25N3/c1-13-8-5-6-9-15(13)16-10-4-3-7-11-20(16)17(19)12-14(2)18/h5-6,8-9,12,16,19H,3-4,7,10-11,18H2,1-2H3. The molecular weight excluding hydrogens is 246 g/mol. The van der Waals surface area contributed by atoms with Crippen molar-refractivity contribution in [3.63, 3.8) is 0 Å². The predicted octanol–water partition coefficient (Wildman–Crippen LogP) is 3.75. The van der Waals surface area contributed by atoms with Crippen LogP contribution in [0.1, 0.15) is 49.8 Å². The van der Waals surface area contributed by atoms with Gasteiger partial charge in [0.05, 0.1) is 6.04 Å². The molecule has 1 heterocycles. The Morgan fingerprint density at radius 3 is 2.75 bits per heavy atom. The third-order valence-electron chi connectivity index (χ3n) is 3.97. The first kappa shape index (κ1) is 14.6. The van der Waals surface area contributed by atoms with Gasteiger partial charge in [0.2, 0.25) is 0 Å². The average Bonchev–Trinajstić information content (AvgIpc) is 2.64. The largest absolute Gasteiger partial charge is 0.402 e. The lowest BCUT2D eigenvalue weighted by molar-refractivity contribution is 0.320. The van der Waals surface area contributed by atoms with E-state index >= 15 is 0 Å². The highest BCUT2D eigenvalue weighted by molar-refractivity contribution is 5.91. The maximum absolute atomic E-state index is 8.33. The quantitative estimate of drug-likeness (QED) is 0.636. The van der Waals surface area contributed by atoms with Crippen LogP contribution in [0.15, 0.2) is 36.0 Å². The zero-order valence-electron chi connectivity index (χ0n) is 12.5. The smallest absolute Gasteiger partial charge is 0.122 e. The normalized spacial score (nSPS) is 20.6. The van der Waals surface area contributed by atoms with Crippen molar-refractivity contribution in [2.75, 3.05) is 6.54 Å². The summed E-state index contributed by atoms with van der Waals surface area (Å²) in [5.74, 6) is 0.542. The van der Waals surface area contributed by atoms with Crippen LogP contribution in [0, 0.1) is 12.3 Å². The molecule has 0 spiro atoms. The molecular formula is C17H25N3. The second-order valence-electron chi connectivity index (χ2n) is 5.69. The van der Waals surface area contributed by atoms with Gasteiger partial charge in [-0.25, -0.2) is 0 Å². The first-order chi connectivity index (χ1) is 9.59. The molecule has 1 fully saturated rings. The van der Waals surface area contributed by atoms with Crippen molar-refractivity contribution in [1.82, 2.24) is 4.90 Å². The van der Waals surface area contributed by atoms with Crippen molar-refractivity contribution >= 4 is 5.84 Å². The summed E-state index contributed by atoms with van der Waals surface area (Å²) in [6.07, 6.45) is 6.52. The highest BCUT2D eigenvalue weighted by Gasteiger charge is 2.24. The lowest BCUT2D eigenvalue weighted by Gasteiger charge is -2.32. The number of hydrogen-bond donors (Lipinski definition) is 2. The fourth-order valence-corrected chi connectivity index (χ4v) is 2.98. The summed E-state index contributed by atoms with van der Waals surface area (Å²) in [4.78, 5) is 2.21. The second-order valence-corrected chi connectivity index (χ2v) is 5.69. The Balaban J connectivity index is 2.33. The van der Waals surface area contributed by atoms with E-state index in [9.17, 15) is 0 Å². The van der Waals surface area contributed by atoms with Crippen molar-refractivity contribution in [1.29, 1.82) is 5.41 Å². The predicted molar refractivity (Wildman–Crippen MR) is 84.8 cm³/mol. The van der Waals surface area contributed by atoms with Gasteiger partial charge in [-0.2, -0.15) is 0 Å². The van der Waals surface area contributed by atoms with E-state index in [4.69, 9.17) is 11.1 Å². The van der Waals surface area contributed by atoms with Crippen molar-refractivity contribution in [2.45, 2.75) is 45.6 Å². The van der Waals surface area contributed by atoms with Gasteiger partial charge in [0, 0.05) is 12.2 Å². The monoisotopic (exact) mass is 271 g/mol. The summed E-state index contributed by atoms with van der Waals surface area (Å²) in [6.45, 7) is 4.95. The second kappa shape index (κ2) is 6.60. The van der Waals surface area contributed by atoms with Crippen molar-refractivity contribution < 1.29 is 0 Å². The molecule has 3 nitrogen and oxygen atoms in total. The van der Waals surface area contributed by atoms with Crippen LogP contribution in [0.3, 0.4) is 0 Å². The molecule has 0 saturated carbocycles. The molecule has 0 amide bonds. The zero-order chi connectivity index (χ0) is 14.5. The summed E-state index contributed by atoms with van der Waals surface area (Å²) in [5, 5.41) is 8.33. The van der Waals surface area contributed by atoms with E-state index in [0.29, 0.717) is 17.6 Å². The molecule has 0 bridgehead atoms. The van der Waals surface area contributed by atoms with Gasteiger partial charge in [-0.05, 0) is 43.9 Å². The van der Waals surface area contributed by atoms with Crippen LogP contribution in [0.2, 0.25) is 0 Å². The Morgan fingerprint density at radius 1 is 1.30 bits per heavy atom. The number of nitrogens with zero attached hydrogens (tertiary/aromatic N) is 1. The molecule has 1 aliphatic heterocycles. The minimum absolute atomic E-state index is 0.307. The molecule has 0 aliphatic carbocycles. The summed E-state index contributed by atoms with van der Waals surface area (Å²) in [6, 6.07) is 8.84. The fourth-order valence-electron chi connectivity index (χ4n) is 2.98. The molecule has 2 rings (SSSR count). The maximum atomic E-state index is 8.33. The number of aryl methyl sites for hydroxylation is 1. The average molecular weight is 271 g/mol. The van der Waals surface area contributed by atoms with E-state index in [2.05, 4.69) is 36.1 Å². The fraction of sp³-hybridized carbons (Fsp3) is 0.471. The summed E-state index contributed by atoms with van der Waals surface area (Å²) >= 11 is 0. The molecule has 0 radical (unpaired) electrons.